The number of nitrogens with zero attached hydrogens (tertiary/aromatic N) is 2. The summed E-state index contributed by atoms with van der Waals surface area (Å²) < 4.78 is 0. The summed E-state index contributed by atoms with van der Waals surface area (Å²) in [4.78, 5) is 62.4. The number of benzene rings is 1. The van der Waals surface area contributed by atoms with E-state index < -0.39 is 54.0 Å². The van der Waals surface area contributed by atoms with E-state index in [0.717, 1.165) is 10.9 Å². The summed E-state index contributed by atoms with van der Waals surface area (Å²) in [5.74, 6) is -3.87. The molecule has 0 fully saturated rings. The molecule has 0 aliphatic carbocycles. The smallest absolute Gasteiger partial charge is 0.326 e. The van der Waals surface area contributed by atoms with Gasteiger partial charge < -0.3 is 59.8 Å². The number of aromatic amines is 1. The van der Waals surface area contributed by atoms with E-state index in [2.05, 4.69) is 30.9 Å². The number of H-pyrrole nitrogens is 1. The number of carbonyl (C=O) groups is 4. The van der Waals surface area contributed by atoms with Gasteiger partial charge in [0.05, 0.1) is 6.10 Å². The van der Waals surface area contributed by atoms with Crippen LogP contribution in [0.2, 0.25) is 0 Å². The number of nitrogens with two attached hydrogens (primary N) is 5. The van der Waals surface area contributed by atoms with Gasteiger partial charge in [0.2, 0.25) is 17.7 Å². The zero-order valence-corrected chi connectivity index (χ0v) is 24.5. The molecule has 1 aromatic heterocycles. The van der Waals surface area contributed by atoms with E-state index in [9.17, 15) is 29.4 Å². The molecule has 16 N–H and O–H groups in total. The molecule has 0 aliphatic rings. The lowest BCUT2D eigenvalue weighted by Gasteiger charge is -2.25. The highest BCUT2D eigenvalue weighted by molar-refractivity contribution is 5.94. The van der Waals surface area contributed by atoms with E-state index >= 15 is 0 Å². The molecule has 0 saturated carbocycles. The Morgan fingerprint density at radius 1 is 0.841 bits per heavy atom. The van der Waals surface area contributed by atoms with E-state index in [1.54, 1.807) is 6.20 Å². The highest BCUT2D eigenvalue weighted by Crippen LogP contribution is 2.19. The number of carboxylic acids is 1. The first-order valence-electron chi connectivity index (χ1n) is 14.0. The number of hydrogen-bond acceptors (Lipinski definition) is 8. The summed E-state index contributed by atoms with van der Waals surface area (Å²) in [7, 11) is 0. The van der Waals surface area contributed by atoms with Crippen LogP contribution in [0.5, 0.6) is 0 Å². The number of guanidine groups is 2. The van der Waals surface area contributed by atoms with Crippen LogP contribution in [0.4, 0.5) is 0 Å². The zero-order chi connectivity index (χ0) is 32.8. The highest BCUT2D eigenvalue weighted by Gasteiger charge is 2.31. The lowest BCUT2D eigenvalue weighted by atomic mass is 10.0. The second-order valence-electron chi connectivity index (χ2n) is 10.2. The van der Waals surface area contributed by atoms with Gasteiger partial charge in [-0.15, -0.1) is 0 Å². The second-order valence-corrected chi connectivity index (χ2v) is 10.2. The van der Waals surface area contributed by atoms with E-state index in [1.165, 1.54) is 6.92 Å². The molecule has 5 atom stereocenters. The van der Waals surface area contributed by atoms with Crippen LogP contribution >= 0.6 is 0 Å². The first kappa shape index (κ1) is 35.3. The van der Waals surface area contributed by atoms with Crippen LogP contribution in [0.15, 0.2) is 40.4 Å². The van der Waals surface area contributed by atoms with Crippen LogP contribution < -0.4 is 44.6 Å². The maximum absolute atomic E-state index is 13.4. The van der Waals surface area contributed by atoms with Crippen LogP contribution in [0, 0.1) is 0 Å². The van der Waals surface area contributed by atoms with E-state index in [0.29, 0.717) is 5.56 Å². The van der Waals surface area contributed by atoms with Gasteiger partial charge in [-0.05, 0) is 44.2 Å². The van der Waals surface area contributed by atoms with Crippen molar-refractivity contribution < 1.29 is 29.4 Å². The molecule has 17 heteroatoms. The van der Waals surface area contributed by atoms with Crippen molar-refractivity contribution in [3.63, 3.8) is 0 Å². The van der Waals surface area contributed by atoms with Crippen molar-refractivity contribution in [3.8, 4) is 0 Å². The lowest BCUT2D eigenvalue weighted by Crippen LogP contribution is -2.58. The fraction of sp³-hybridized carbons (Fsp3) is 0.481. The number of aliphatic carboxylic acids is 1. The molecular weight excluding hydrogens is 574 g/mol. The third kappa shape index (κ3) is 11.4. The van der Waals surface area contributed by atoms with Gasteiger partial charge in [-0.1, -0.05) is 18.2 Å². The first-order chi connectivity index (χ1) is 20.8. The number of aromatic nitrogens is 1. The number of carbonyl (C=O) groups excluding carboxylic acids is 3. The molecule has 1 heterocycles. The van der Waals surface area contributed by atoms with Crippen LogP contribution in [-0.4, -0.2) is 94.2 Å². The number of hydrogen-bond donors (Lipinski definition) is 11. The van der Waals surface area contributed by atoms with Gasteiger partial charge in [-0.3, -0.25) is 24.4 Å². The minimum Gasteiger partial charge on any atom is -0.480 e. The number of rotatable bonds is 18. The molecule has 0 spiro atoms. The SMILES string of the molecule is CC(O)C(N)C(=O)NC(CCCN=C(N)N)C(=O)NC(CCCN=C(N)N)C(=O)NC(Cc1c[nH]c2ccccc12)C(=O)O. The topological polar surface area (TPSA) is 315 Å². The maximum atomic E-state index is 13.4. The molecule has 242 valence electrons. The number of aliphatic hydroxyl groups excluding tert-OH is 1. The van der Waals surface area contributed by atoms with Crippen LogP contribution in [0.25, 0.3) is 10.9 Å². The third-order valence-electron chi connectivity index (χ3n) is 6.69. The quantitative estimate of drug-likeness (QED) is 0.0456. The molecule has 2 aromatic rings. The number of carboxylic acid groups (broad SMARTS) is 1. The number of nitrogens with one attached hydrogen (secondary N) is 4. The van der Waals surface area contributed by atoms with Gasteiger partial charge in [0.25, 0.3) is 0 Å². The van der Waals surface area contributed by atoms with Gasteiger partial charge in [0.15, 0.2) is 11.9 Å². The number of amides is 3. The van der Waals surface area contributed by atoms with Crippen molar-refractivity contribution in [2.45, 2.75) is 69.3 Å². The molecule has 0 saturated heterocycles. The van der Waals surface area contributed by atoms with Crippen molar-refractivity contribution in [1.29, 1.82) is 0 Å². The molecule has 44 heavy (non-hydrogen) atoms. The summed E-state index contributed by atoms with van der Waals surface area (Å²) in [6, 6.07) is 2.29. The Balaban J connectivity index is 2.25. The molecule has 0 aliphatic heterocycles. The Labute approximate surface area is 254 Å². The fourth-order valence-electron chi connectivity index (χ4n) is 4.30. The molecular formula is C27H43N11O6. The van der Waals surface area contributed by atoms with Gasteiger partial charge >= 0.3 is 5.97 Å². The molecule has 2 rings (SSSR count). The Kier molecular flexibility index (Phi) is 13.9. The van der Waals surface area contributed by atoms with Crippen molar-refractivity contribution in [2.75, 3.05) is 13.1 Å². The van der Waals surface area contributed by atoms with Gasteiger partial charge in [-0.25, -0.2) is 4.79 Å². The molecule has 17 nitrogen and oxygen atoms in total. The molecule has 1 aromatic carbocycles. The average molecular weight is 618 g/mol. The van der Waals surface area contributed by atoms with Gasteiger partial charge in [0.1, 0.15) is 24.2 Å². The zero-order valence-electron chi connectivity index (χ0n) is 24.5. The highest BCUT2D eigenvalue weighted by atomic mass is 16.4. The Morgan fingerprint density at radius 3 is 1.84 bits per heavy atom. The van der Waals surface area contributed by atoms with E-state index in [1.807, 2.05) is 24.3 Å². The minimum absolute atomic E-state index is 0.0273. The van der Waals surface area contributed by atoms with Crippen molar-refractivity contribution in [2.24, 2.45) is 38.7 Å². The van der Waals surface area contributed by atoms with Crippen molar-refractivity contribution in [3.05, 3.63) is 36.0 Å². The normalized spacial score (nSPS) is 14.3. The van der Waals surface area contributed by atoms with Crippen molar-refractivity contribution in [1.82, 2.24) is 20.9 Å². The summed E-state index contributed by atoms with van der Waals surface area (Å²) in [5.41, 5.74) is 28.7. The average Bonchev–Trinajstić information content (AvgIpc) is 3.37. The Hall–Kier alpha value is -4.90. The monoisotopic (exact) mass is 617 g/mol. The Bertz CT molecular complexity index is 1330. The minimum atomic E-state index is -1.32. The van der Waals surface area contributed by atoms with Crippen LogP contribution in [0.3, 0.4) is 0 Å². The number of fused-ring (bicyclic) bond motifs is 1. The second kappa shape index (κ2) is 17.3. The summed E-state index contributed by atoms with van der Waals surface area (Å²) in [6.45, 7) is 1.62. The van der Waals surface area contributed by atoms with E-state index in [4.69, 9.17) is 28.7 Å². The maximum Gasteiger partial charge on any atom is 0.326 e. The molecule has 3 amide bonds. The number of aliphatic imine (C=N–C) groups is 2. The van der Waals surface area contributed by atoms with Crippen molar-refractivity contribution >= 4 is 46.5 Å². The number of aliphatic hydroxyl groups is 1. The van der Waals surface area contributed by atoms with Crippen LogP contribution in [-0.2, 0) is 25.6 Å². The Morgan fingerprint density at radius 2 is 1.34 bits per heavy atom. The largest absolute Gasteiger partial charge is 0.480 e. The summed E-state index contributed by atoms with van der Waals surface area (Å²) in [6.07, 6.45) is 1.07. The molecule has 5 unspecified atom stereocenters. The lowest BCUT2D eigenvalue weighted by molar-refractivity contribution is -0.142. The summed E-state index contributed by atoms with van der Waals surface area (Å²) >= 11 is 0. The van der Waals surface area contributed by atoms with Gasteiger partial charge in [0, 0.05) is 36.6 Å². The summed E-state index contributed by atoms with van der Waals surface area (Å²) in [5, 5.41) is 28.0. The first-order valence-corrected chi connectivity index (χ1v) is 14.0. The fourth-order valence-corrected chi connectivity index (χ4v) is 4.30. The molecule has 0 radical (unpaired) electrons. The molecule has 0 bridgehead atoms. The van der Waals surface area contributed by atoms with E-state index in [-0.39, 0.29) is 57.1 Å². The number of para-hydroxylation sites is 1. The standard InChI is InChI=1S/C27H43N11O6/c1-14(39)21(28)24(42)37-19(9-5-11-34-27(31)32)22(40)36-18(8-4-10-33-26(29)30)23(41)38-20(25(43)44)12-15-13-35-17-7-3-2-6-16(15)17/h2-3,6-7,13-14,18-21,35,39H,4-5,8-12,28H2,1H3,(H,36,40)(H,37,42)(H,38,41)(H,43,44)(H4,29,30,33)(H4,31,32,34). The predicted octanol–water partition coefficient (Wildman–Crippen LogP) is -2.94. The third-order valence-corrected chi connectivity index (χ3v) is 6.69. The van der Waals surface area contributed by atoms with Gasteiger partial charge in [-0.2, -0.15) is 0 Å². The van der Waals surface area contributed by atoms with Crippen LogP contribution in [0.1, 0.15) is 38.2 Å². The predicted molar refractivity (Wildman–Crippen MR) is 165 cm³/mol.